The van der Waals surface area contributed by atoms with Crippen LogP contribution in [0.1, 0.15) is 63.2 Å². The highest BCUT2D eigenvalue weighted by Crippen LogP contribution is 2.32. The Labute approximate surface area is 215 Å². The zero-order chi connectivity index (χ0) is 25.4. The van der Waals surface area contributed by atoms with E-state index in [1.165, 1.54) is 4.90 Å². The van der Waals surface area contributed by atoms with E-state index in [0.717, 1.165) is 49.2 Å². The molecule has 0 bridgehead atoms. The van der Waals surface area contributed by atoms with E-state index in [9.17, 15) is 14.4 Å². The maximum atomic E-state index is 13.3. The first-order valence-corrected chi connectivity index (χ1v) is 13.0. The molecule has 0 atom stereocenters. The Bertz CT molecular complexity index is 1340. The van der Waals surface area contributed by atoms with E-state index in [0.29, 0.717) is 42.9 Å². The summed E-state index contributed by atoms with van der Waals surface area (Å²) in [5.74, 6) is 0.237. The van der Waals surface area contributed by atoms with Gasteiger partial charge in [0.25, 0.3) is 17.7 Å². The van der Waals surface area contributed by atoms with Crippen molar-refractivity contribution in [3.8, 4) is 11.3 Å². The van der Waals surface area contributed by atoms with E-state index >= 15 is 0 Å². The van der Waals surface area contributed by atoms with Gasteiger partial charge in [0.1, 0.15) is 12.1 Å². The molecule has 188 valence electrons. The van der Waals surface area contributed by atoms with Crippen LogP contribution in [0.3, 0.4) is 0 Å². The number of imide groups is 1. The zero-order valence-electron chi connectivity index (χ0n) is 20.7. The third kappa shape index (κ3) is 4.37. The number of rotatable bonds is 4. The van der Waals surface area contributed by atoms with Gasteiger partial charge in [0, 0.05) is 49.4 Å². The average molecular weight is 496 g/mol. The van der Waals surface area contributed by atoms with Crippen molar-refractivity contribution in [1.29, 1.82) is 0 Å². The summed E-state index contributed by atoms with van der Waals surface area (Å²) >= 11 is 0. The second kappa shape index (κ2) is 9.76. The summed E-state index contributed by atoms with van der Waals surface area (Å²) in [7, 11) is 0. The van der Waals surface area contributed by atoms with Gasteiger partial charge in [-0.25, -0.2) is 9.97 Å². The Morgan fingerprint density at radius 2 is 1.51 bits per heavy atom. The predicted molar refractivity (Wildman–Crippen MR) is 139 cm³/mol. The van der Waals surface area contributed by atoms with Gasteiger partial charge in [0.2, 0.25) is 0 Å². The van der Waals surface area contributed by atoms with Crippen LogP contribution in [0.5, 0.6) is 0 Å². The third-order valence-corrected chi connectivity index (χ3v) is 7.72. The van der Waals surface area contributed by atoms with Crippen LogP contribution in [0, 0.1) is 0 Å². The smallest absolute Gasteiger partial charge is 0.261 e. The van der Waals surface area contributed by atoms with Gasteiger partial charge in [-0.2, -0.15) is 0 Å². The highest BCUT2D eigenvalue weighted by molar-refractivity contribution is 6.22. The van der Waals surface area contributed by atoms with E-state index in [4.69, 9.17) is 0 Å². The first-order valence-electron chi connectivity index (χ1n) is 13.0. The van der Waals surface area contributed by atoms with Crippen LogP contribution >= 0.6 is 0 Å². The molecular weight excluding hydrogens is 466 g/mol. The minimum atomic E-state index is -0.260. The molecular formula is C29H29N5O3. The fourth-order valence-corrected chi connectivity index (χ4v) is 5.67. The summed E-state index contributed by atoms with van der Waals surface area (Å²) in [4.78, 5) is 53.7. The largest absolute Gasteiger partial charge is 0.353 e. The van der Waals surface area contributed by atoms with Gasteiger partial charge < -0.3 is 9.80 Å². The van der Waals surface area contributed by atoms with E-state index in [1.54, 1.807) is 29.4 Å². The van der Waals surface area contributed by atoms with Crippen molar-refractivity contribution in [3.05, 3.63) is 77.6 Å². The molecule has 1 saturated heterocycles. The van der Waals surface area contributed by atoms with Gasteiger partial charge in [-0.05, 0) is 31.0 Å². The number of fused-ring (bicyclic) bond motifs is 1. The number of benzene rings is 2. The van der Waals surface area contributed by atoms with Gasteiger partial charge in [-0.3, -0.25) is 19.3 Å². The quantitative estimate of drug-likeness (QED) is 0.508. The third-order valence-electron chi connectivity index (χ3n) is 7.72. The molecule has 8 nitrogen and oxygen atoms in total. The van der Waals surface area contributed by atoms with Gasteiger partial charge in [0.15, 0.2) is 0 Å². The van der Waals surface area contributed by atoms with Gasteiger partial charge in [0.05, 0.1) is 16.8 Å². The molecule has 0 unspecified atom stereocenters. The van der Waals surface area contributed by atoms with Gasteiger partial charge in [-0.1, -0.05) is 49.6 Å². The highest BCUT2D eigenvalue weighted by Gasteiger charge is 2.40. The Kier molecular flexibility index (Phi) is 6.16. The van der Waals surface area contributed by atoms with E-state index < -0.39 is 0 Å². The number of aromatic nitrogens is 2. The molecule has 0 N–H and O–H groups in total. The van der Waals surface area contributed by atoms with Crippen LogP contribution in [-0.2, 0) is 0 Å². The maximum absolute atomic E-state index is 13.3. The lowest BCUT2D eigenvalue weighted by atomic mass is 9.94. The number of carbonyl (C=O) groups is 3. The first kappa shape index (κ1) is 23.3. The number of anilines is 1. The highest BCUT2D eigenvalue weighted by atomic mass is 16.2. The van der Waals surface area contributed by atoms with Gasteiger partial charge >= 0.3 is 0 Å². The number of hydrogen-bond donors (Lipinski definition) is 0. The number of piperazine rings is 1. The standard InChI is InChI=1S/C29H29N5O3/c35-27(21-11-12-23-24(17-21)29(37)34(28(23)36)22-9-5-2-6-10-22)33-15-13-32(14-16-33)26-18-25(30-19-31-26)20-7-3-1-4-8-20/h1,3-4,7-8,11-12,17-19,22H,2,5-6,9-10,13-16H2. The predicted octanol–water partition coefficient (Wildman–Crippen LogP) is 4.03. The number of nitrogens with zero attached hydrogens (tertiary/aromatic N) is 5. The molecule has 8 heteroatoms. The molecule has 3 aliphatic rings. The summed E-state index contributed by atoms with van der Waals surface area (Å²) in [6, 6.07) is 16.9. The molecule has 0 radical (unpaired) electrons. The Morgan fingerprint density at radius 3 is 2.27 bits per heavy atom. The zero-order valence-corrected chi connectivity index (χ0v) is 20.7. The van der Waals surface area contributed by atoms with Crippen LogP contribution in [0.25, 0.3) is 11.3 Å². The SMILES string of the molecule is O=C(c1ccc2c(c1)C(=O)N(C1CCCCC1)C2=O)N1CCN(c2cc(-c3ccccc3)ncn2)CC1. The second-order valence-corrected chi connectivity index (χ2v) is 9.94. The molecule has 3 heterocycles. The maximum Gasteiger partial charge on any atom is 0.261 e. The summed E-state index contributed by atoms with van der Waals surface area (Å²) in [6.45, 7) is 2.38. The molecule has 37 heavy (non-hydrogen) atoms. The molecule has 2 fully saturated rings. The fraction of sp³-hybridized carbons (Fsp3) is 0.345. The number of carbonyl (C=O) groups excluding carboxylic acids is 3. The van der Waals surface area contributed by atoms with E-state index in [1.807, 2.05) is 36.4 Å². The second-order valence-electron chi connectivity index (χ2n) is 9.94. The number of amides is 3. The molecule has 6 rings (SSSR count). The van der Waals surface area contributed by atoms with Crippen LogP contribution in [0.2, 0.25) is 0 Å². The monoisotopic (exact) mass is 495 g/mol. The summed E-state index contributed by atoms with van der Waals surface area (Å²) in [6.07, 6.45) is 6.53. The topological polar surface area (TPSA) is 86.7 Å². The van der Waals surface area contributed by atoms with Crippen LogP contribution in [0.15, 0.2) is 60.9 Å². The molecule has 2 aliphatic heterocycles. The lowest BCUT2D eigenvalue weighted by molar-refractivity contribution is 0.0548. The lowest BCUT2D eigenvalue weighted by Gasteiger charge is -2.35. The molecule has 3 amide bonds. The first-order chi connectivity index (χ1) is 18.1. The Morgan fingerprint density at radius 1 is 0.784 bits per heavy atom. The van der Waals surface area contributed by atoms with Crippen molar-refractivity contribution in [2.45, 2.75) is 38.1 Å². The Hall–Kier alpha value is -4.07. The molecule has 0 spiro atoms. The summed E-state index contributed by atoms with van der Waals surface area (Å²) in [5, 5.41) is 0. The van der Waals surface area contributed by atoms with E-state index in [2.05, 4.69) is 14.9 Å². The van der Waals surface area contributed by atoms with Crippen molar-refractivity contribution in [3.63, 3.8) is 0 Å². The van der Waals surface area contributed by atoms with E-state index in [-0.39, 0.29) is 23.8 Å². The Balaban J connectivity index is 1.13. The fourth-order valence-electron chi connectivity index (χ4n) is 5.67. The molecule has 3 aromatic rings. The van der Waals surface area contributed by atoms with Crippen molar-refractivity contribution in [2.75, 3.05) is 31.1 Å². The van der Waals surface area contributed by atoms with Crippen molar-refractivity contribution < 1.29 is 14.4 Å². The molecule has 1 aromatic heterocycles. The van der Waals surface area contributed by atoms with Crippen LogP contribution in [0.4, 0.5) is 5.82 Å². The lowest BCUT2D eigenvalue weighted by Crippen LogP contribution is -2.49. The normalized spacial score (nSPS) is 18.3. The summed E-state index contributed by atoms with van der Waals surface area (Å²) < 4.78 is 0. The minimum absolute atomic E-state index is 0.0300. The van der Waals surface area contributed by atoms with Crippen molar-refractivity contribution in [2.24, 2.45) is 0 Å². The van der Waals surface area contributed by atoms with Crippen molar-refractivity contribution >= 4 is 23.5 Å². The minimum Gasteiger partial charge on any atom is -0.353 e. The van der Waals surface area contributed by atoms with Crippen molar-refractivity contribution in [1.82, 2.24) is 19.8 Å². The molecule has 1 aliphatic carbocycles. The number of hydrogen-bond acceptors (Lipinski definition) is 6. The molecule has 2 aromatic carbocycles. The average Bonchev–Trinajstić information content (AvgIpc) is 3.22. The molecule has 1 saturated carbocycles. The van der Waals surface area contributed by atoms with Gasteiger partial charge in [-0.15, -0.1) is 0 Å². The van der Waals surface area contributed by atoms with Crippen LogP contribution < -0.4 is 4.90 Å². The van der Waals surface area contributed by atoms with Crippen LogP contribution in [-0.4, -0.2) is 69.7 Å². The summed E-state index contributed by atoms with van der Waals surface area (Å²) in [5.41, 5.74) is 3.12.